The van der Waals surface area contributed by atoms with Crippen LogP contribution in [0.4, 0.5) is 11.6 Å². The van der Waals surface area contributed by atoms with E-state index in [2.05, 4.69) is 25.3 Å². The van der Waals surface area contributed by atoms with E-state index < -0.39 is 5.56 Å². The van der Waals surface area contributed by atoms with E-state index in [0.717, 1.165) is 17.3 Å². The first-order valence-electron chi connectivity index (χ1n) is 6.87. The number of nitrogens with two attached hydrogens (primary N) is 1. The van der Waals surface area contributed by atoms with Crippen LogP contribution in [0.1, 0.15) is 5.56 Å². The fraction of sp³-hybridized carbons (Fsp3) is 0.143. The molecule has 24 heavy (non-hydrogen) atoms. The van der Waals surface area contributed by atoms with Crippen molar-refractivity contribution >= 4 is 52.1 Å². The number of nitrogens with one attached hydrogen (secondary N) is 3. The van der Waals surface area contributed by atoms with Crippen LogP contribution in [-0.4, -0.2) is 31.6 Å². The van der Waals surface area contributed by atoms with Gasteiger partial charge in [0.1, 0.15) is 0 Å². The van der Waals surface area contributed by atoms with Gasteiger partial charge in [-0.2, -0.15) is 4.98 Å². The molecule has 0 saturated carbocycles. The molecular weight excluding hydrogens is 352 g/mol. The third kappa shape index (κ3) is 3.36. The van der Waals surface area contributed by atoms with Crippen molar-refractivity contribution in [2.75, 3.05) is 16.8 Å². The van der Waals surface area contributed by atoms with E-state index in [1.165, 1.54) is 0 Å². The predicted octanol–water partition coefficient (Wildman–Crippen LogP) is 1.92. The Hall–Kier alpha value is -2.52. The normalized spacial score (nSPS) is 10.9. The molecule has 0 bridgehead atoms. The van der Waals surface area contributed by atoms with Gasteiger partial charge < -0.3 is 16.0 Å². The molecule has 3 aromatic rings. The molecule has 0 fully saturated rings. The molecule has 2 aromatic heterocycles. The largest absolute Gasteiger partial charge is 0.369 e. The van der Waals surface area contributed by atoms with E-state index in [-0.39, 0.29) is 28.8 Å². The molecule has 0 unspecified atom stereocenters. The summed E-state index contributed by atoms with van der Waals surface area (Å²) in [5.74, 6) is -0.115. The van der Waals surface area contributed by atoms with Crippen molar-refractivity contribution in [1.29, 1.82) is 0 Å². The fourth-order valence-corrected chi connectivity index (χ4v) is 2.87. The summed E-state index contributed by atoms with van der Waals surface area (Å²) in [6.45, 7) is 1.83. The molecule has 0 aliphatic rings. The van der Waals surface area contributed by atoms with E-state index in [0.29, 0.717) is 15.9 Å². The second-order valence-corrected chi connectivity index (χ2v) is 6.31. The quantitative estimate of drug-likeness (QED) is 0.523. The molecule has 10 heteroatoms. The van der Waals surface area contributed by atoms with Crippen LogP contribution in [0, 0.1) is 6.92 Å². The lowest BCUT2D eigenvalue weighted by Crippen LogP contribution is -2.15. The van der Waals surface area contributed by atoms with Crippen LogP contribution < -0.4 is 16.6 Å². The van der Waals surface area contributed by atoms with Gasteiger partial charge in [-0.05, 0) is 24.6 Å². The first kappa shape index (κ1) is 16.3. The van der Waals surface area contributed by atoms with Crippen LogP contribution in [0.25, 0.3) is 11.2 Å². The fourth-order valence-electron chi connectivity index (χ4n) is 2.03. The van der Waals surface area contributed by atoms with E-state index in [1.54, 1.807) is 18.2 Å². The summed E-state index contributed by atoms with van der Waals surface area (Å²) in [5.41, 5.74) is 6.95. The van der Waals surface area contributed by atoms with E-state index >= 15 is 0 Å². The maximum atomic E-state index is 12.1. The summed E-state index contributed by atoms with van der Waals surface area (Å²) < 4.78 is 0. The van der Waals surface area contributed by atoms with Crippen LogP contribution in [0.2, 0.25) is 5.02 Å². The summed E-state index contributed by atoms with van der Waals surface area (Å²) in [5, 5.41) is 3.78. The van der Waals surface area contributed by atoms with Gasteiger partial charge in [0.2, 0.25) is 11.9 Å². The summed E-state index contributed by atoms with van der Waals surface area (Å²) in [6.07, 6.45) is 0. The highest BCUT2D eigenvalue weighted by atomic mass is 35.5. The Bertz CT molecular complexity index is 983. The number of carbonyl (C=O) groups is 1. The second kappa shape index (κ2) is 6.54. The molecule has 0 spiro atoms. The number of benzene rings is 1. The Morgan fingerprint density at radius 1 is 1.38 bits per heavy atom. The number of halogens is 1. The third-order valence-electron chi connectivity index (χ3n) is 3.24. The van der Waals surface area contributed by atoms with Crippen LogP contribution >= 0.6 is 23.4 Å². The molecule has 3 rings (SSSR count). The van der Waals surface area contributed by atoms with Gasteiger partial charge in [0.05, 0.1) is 5.75 Å². The first-order chi connectivity index (χ1) is 11.4. The first-order valence-corrected chi connectivity index (χ1v) is 8.23. The topological polar surface area (TPSA) is 130 Å². The van der Waals surface area contributed by atoms with Gasteiger partial charge in [-0.3, -0.25) is 14.6 Å². The summed E-state index contributed by atoms with van der Waals surface area (Å²) in [6, 6.07) is 5.29. The number of carbonyl (C=O) groups excluding carboxylic acids is 1. The number of rotatable bonds is 4. The van der Waals surface area contributed by atoms with Gasteiger partial charge in [0.15, 0.2) is 16.3 Å². The third-order valence-corrected chi connectivity index (χ3v) is 4.52. The van der Waals surface area contributed by atoms with Gasteiger partial charge >= 0.3 is 0 Å². The molecule has 1 aromatic carbocycles. The van der Waals surface area contributed by atoms with Crippen molar-refractivity contribution in [3.05, 3.63) is 39.1 Å². The number of nitrogen functional groups attached to an aromatic ring is 1. The average Bonchev–Trinajstić information content (AvgIpc) is 2.93. The maximum Gasteiger partial charge on any atom is 0.278 e. The molecule has 1 amide bonds. The number of H-pyrrole nitrogens is 2. The molecule has 0 saturated heterocycles. The number of aromatic amines is 2. The second-order valence-electron chi connectivity index (χ2n) is 4.94. The number of aromatic nitrogens is 4. The molecule has 2 heterocycles. The van der Waals surface area contributed by atoms with Crippen LogP contribution in [0.15, 0.2) is 28.2 Å². The zero-order valence-electron chi connectivity index (χ0n) is 12.5. The van der Waals surface area contributed by atoms with Gasteiger partial charge in [-0.25, -0.2) is 4.98 Å². The monoisotopic (exact) mass is 364 g/mol. The molecule has 0 radical (unpaired) electrons. The molecule has 0 aliphatic carbocycles. The minimum absolute atomic E-state index is 0.00951. The Kier molecular flexibility index (Phi) is 4.45. The van der Waals surface area contributed by atoms with Crippen molar-refractivity contribution in [2.45, 2.75) is 12.1 Å². The number of nitrogens with zero attached hydrogens (tertiary/aromatic N) is 2. The molecular formula is C14H13ClN6O2S. The Morgan fingerprint density at radius 2 is 2.17 bits per heavy atom. The molecule has 124 valence electrons. The molecule has 0 atom stereocenters. The highest BCUT2D eigenvalue weighted by Gasteiger charge is 2.12. The van der Waals surface area contributed by atoms with E-state index in [9.17, 15) is 9.59 Å². The zero-order valence-corrected chi connectivity index (χ0v) is 14.1. The van der Waals surface area contributed by atoms with Crippen molar-refractivity contribution in [3.63, 3.8) is 0 Å². The molecule has 8 nitrogen and oxygen atoms in total. The van der Waals surface area contributed by atoms with Crippen molar-refractivity contribution in [2.24, 2.45) is 0 Å². The van der Waals surface area contributed by atoms with Gasteiger partial charge in [-0.1, -0.05) is 29.4 Å². The standard InChI is InChI=1S/C14H13ClN6O2S/c1-6-7(15)3-2-4-8(6)17-9(22)5-24-14-18-10-11(20-14)19-13(16)21-12(10)23/h2-4H,5H2,1H3,(H,17,22)(H4,16,18,19,20,21,23). The molecule has 0 aliphatic heterocycles. The Labute approximate surface area is 145 Å². The highest BCUT2D eigenvalue weighted by molar-refractivity contribution is 7.99. The van der Waals surface area contributed by atoms with Crippen molar-refractivity contribution in [1.82, 2.24) is 19.9 Å². The summed E-state index contributed by atoms with van der Waals surface area (Å²) in [4.78, 5) is 37.0. The number of anilines is 2. The lowest BCUT2D eigenvalue weighted by Gasteiger charge is -2.08. The maximum absolute atomic E-state index is 12.1. The number of fused-ring (bicyclic) bond motifs is 1. The smallest absolute Gasteiger partial charge is 0.278 e. The van der Waals surface area contributed by atoms with Gasteiger partial charge in [-0.15, -0.1) is 0 Å². The Morgan fingerprint density at radius 3 is 2.96 bits per heavy atom. The van der Waals surface area contributed by atoms with Gasteiger partial charge in [0, 0.05) is 10.7 Å². The van der Waals surface area contributed by atoms with Crippen LogP contribution in [0.3, 0.4) is 0 Å². The highest BCUT2D eigenvalue weighted by Crippen LogP contribution is 2.23. The number of hydrogen-bond donors (Lipinski definition) is 4. The number of amides is 1. The van der Waals surface area contributed by atoms with Crippen molar-refractivity contribution < 1.29 is 4.79 Å². The van der Waals surface area contributed by atoms with Crippen molar-refractivity contribution in [3.8, 4) is 0 Å². The zero-order chi connectivity index (χ0) is 17.3. The average molecular weight is 365 g/mol. The number of thioether (sulfide) groups is 1. The lowest BCUT2D eigenvalue weighted by molar-refractivity contribution is -0.113. The van der Waals surface area contributed by atoms with Gasteiger partial charge in [0.25, 0.3) is 5.56 Å². The van der Waals surface area contributed by atoms with Crippen LogP contribution in [0.5, 0.6) is 0 Å². The summed E-state index contributed by atoms with van der Waals surface area (Å²) in [7, 11) is 0. The number of imidazole rings is 1. The SMILES string of the molecule is Cc1c(Cl)cccc1NC(=O)CSc1nc2nc(N)[nH]c(=O)c2[nH]1. The minimum Gasteiger partial charge on any atom is -0.369 e. The predicted molar refractivity (Wildman–Crippen MR) is 94.5 cm³/mol. The minimum atomic E-state index is -0.407. The summed E-state index contributed by atoms with van der Waals surface area (Å²) >= 11 is 7.17. The Balaban J connectivity index is 1.69. The number of hydrogen-bond acceptors (Lipinski definition) is 6. The van der Waals surface area contributed by atoms with Crippen LogP contribution in [-0.2, 0) is 4.79 Å². The van der Waals surface area contributed by atoms with E-state index in [1.807, 2.05) is 6.92 Å². The lowest BCUT2D eigenvalue weighted by atomic mass is 10.2. The van der Waals surface area contributed by atoms with E-state index in [4.69, 9.17) is 17.3 Å². The molecule has 5 N–H and O–H groups in total.